The normalized spacial score (nSPS) is 14.2. The van der Waals surface area contributed by atoms with Crippen LogP contribution in [0.4, 0.5) is 14.5 Å². The van der Waals surface area contributed by atoms with Gasteiger partial charge in [-0.1, -0.05) is 12.1 Å². The van der Waals surface area contributed by atoms with Gasteiger partial charge in [-0.3, -0.25) is 4.79 Å². The van der Waals surface area contributed by atoms with Gasteiger partial charge in [0.2, 0.25) is 5.91 Å². The second kappa shape index (κ2) is 7.31. The Hall–Kier alpha value is -1.53. The first-order valence-electron chi connectivity index (χ1n) is 6.64. The van der Waals surface area contributed by atoms with Gasteiger partial charge in [-0.15, -0.1) is 0 Å². The molecule has 0 saturated heterocycles. The lowest BCUT2D eigenvalue weighted by molar-refractivity contribution is -0.117. The summed E-state index contributed by atoms with van der Waals surface area (Å²) >= 11 is 0. The number of carbonyl (C=O) groups excluding carboxylic acids is 1. The maximum atomic E-state index is 11.9. The van der Waals surface area contributed by atoms with Crippen LogP contribution in [0.2, 0.25) is 0 Å². The largest absolute Gasteiger partial charge is 0.375 e. The first kappa shape index (κ1) is 14.9. The van der Waals surface area contributed by atoms with Crippen LogP contribution < -0.4 is 10.6 Å². The Balaban J connectivity index is 1.85. The Morgan fingerprint density at radius 2 is 2.30 bits per heavy atom. The van der Waals surface area contributed by atoms with Crippen molar-refractivity contribution in [3.8, 4) is 0 Å². The van der Waals surface area contributed by atoms with Gasteiger partial charge in [0.25, 0.3) is 6.43 Å². The Morgan fingerprint density at radius 1 is 1.45 bits per heavy atom. The number of anilines is 1. The van der Waals surface area contributed by atoms with E-state index in [-0.39, 0.29) is 18.9 Å². The standard InChI is InChI=1S/C14H18F2N2O2/c15-13(16)9-20-7-5-14(19)18-12-3-1-2-10-4-6-17-8-11(10)12/h1-3,13,17H,4-9H2,(H,18,19). The number of rotatable bonds is 6. The lowest BCUT2D eigenvalue weighted by atomic mass is 9.99. The third-order valence-corrected chi connectivity index (χ3v) is 3.14. The van der Waals surface area contributed by atoms with Crippen molar-refractivity contribution in [3.63, 3.8) is 0 Å². The molecule has 0 spiro atoms. The number of amides is 1. The Bertz CT molecular complexity index is 466. The molecule has 4 nitrogen and oxygen atoms in total. The van der Waals surface area contributed by atoms with Crippen LogP contribution >= 0.6 is 0 Å². The molecule has 110 valence electrons. The van der Waals surface area contributed by atoms with E-state index in [9.17, 15) is 13.6 Å². The van der Waals surface area contributed by atoms with Gasteiger partial charge in [0, 0.05) is 12.2 Å². The molecule has 2 N–H and O–H groups in total. The van der Waals surface area contributed by atoms with Gasteiger partial charge in [-0.2, -0.15) is 0 Å². The van der Waals surface area contributed by atoms with Gasteiger partial charge in [-0.05, 0) is 30.2 Å². The van der Waals surface area contributed by atoms with E-state index < -0.39 is 13.0 Å². The highest BCUT2D eigenvalue weighted by Gasteiger charge is 2.14. The third-order valence-electron chi connectivity index (χ3n) is 3.14. The number of carbonyl (C=O) groups is 1. The first-order chi connectivity index (χ1) is 9.66. The van der Waals surface area contributed by atoms with E-state index in [1.807, 2.05) is 12.1 Å². The summed E-state index contributed by atoms with van der Waals surface area (Å²) in [7, 11) is 0. The SMILES string of the molecule is O=C(CCOCC(F)F)Nc1cccc2c1CNCC2. The van der Waals surface area contributed by atoms with Crippen LogP contribution in [0, 0.1) is 0 Å². The summed E-state index contributed by atoms with van der Waals surface area (Å²) in [6.07, 6.45) is -1.48. The fourth-order valence-corrected chi connectivity index (χ4v) is 2.18. The molecular weight excluding hydrogens is 266 g/mol. The van der Waals surface area contributed by atoms with Crippen molar-refractivity contribution < 1.29 is 18.3 Å². The van der Waals surface area contributed by atoms with Crippen LogP contribution in [0.1, 0.15) is 17.5 Å². The summed E-state index contributed by atoms with van der Waals surface area (Å²) in [5.41, 5.74) is 3.12. The second-order valence-electron chi connectivity index (χ2n) is 4.63. The fraction of sp³-hybridized carbons (Fsp3) is 0.500. The molecule has 1 aliphatic rings. The molecule has 1 aromatic carbocycles. The molecular formula is C14H18F2N2O2. The Morgan fingerprint density at radius 3 is 3.10 bits per heavy atom. The van der Waals surface area contributed by atoms with Gasteiger partial charge in [-0.25, -0.2) is 8.78 Å². The Kier molecular flexibility index (Phi) is 5.43. The van der Waals surface area contributed by atoms with E-state index in [1.165, 1.54) is 5.56 Å². The van der Waals surface area contributed by atoms with E-state index in [2.05, 4.69) is 16.7 Å². The molecule has 20 heavy (non-hydrogen) atoms. The van der Waals surface area contributed by atoms with E-state index in [4.69, 9.17) is 4.74 Å². The zero-order chi connectivity index (χ0) is 14.4. The van der Waals surface area contributed by atoms with Gasteiger partial charge in [0.15, 0.2) is 0 Å². The van der Waals surface area contributed by atoms with Crippen molar-refractivity contribution >= 4 is 11.6 Å². The predicted octanol–water partition coefficient (Wildman–Crippen LogP) is 1.94. The monoisotopic (exact) mass is 284 g/mol. The third kappa shape index (κ3) is 4.25. The van der Waals surface area contributed by atoms with Crippen molar-refractivity contribution in [2.24, 2.45) is 0 Å². The molecule has 0 saturated carbocycles. The summed E-state index contributed by atoms with van der Waals surface area (Å²) in [5.74, 6) is -0.224. The van der Waals surface area contributed by atoms with E-state index in [0.29, 0.717) is 0 Å². The molecule has 6 heteroatoms. The number of ether oxygens (including phenoxy) is 1. The van der Waals surface area contributed by atoms with Gasteiger partial charge < -0.3 is 15.4 Å². The first-order valence-corrected chi connectivity index (χ1v) is 6.64. The summed E-state index contributed by atoms with van der Waals surface area (Å²) in [6.45, 7) is 1.04. The molecule has 0 bridgehead atoms. The maximum Gasteiger partial charge on any atom is 0.261 e. The zero-order valence-corrected chi connectivity index (χ0v) is 11.1. The van der Waals surface area contributed by atoms with Crippen LogP contribution in [0.25, 0.3) is 0 Å². The Labute approximate surface area is 116 Å². The average Bonchev–Trinajstić information content (AvgIpc) is 2.44. The summed E-state index contributed by atoms with van der Waals surface area (Å²) in [4.78, 5) is 11.7. The maximum absolute atomic E-state index is 11.9. The number of fused-ring (bicyclic) bond motifs is 1. The number of benzene rings is 1. The van der Waals surface area contributed by atoms with Crippen molar-refractivity contribution in [2.45, 2.75) is 25.8 Å². The molecule has 0 aromatic heterocycles. The highest BCUT2D eigenvalue weighted by atomic mass is 19.3. The van der Waals surface area contributed by atoms with Crippen molar-refractivity contribution in [2.75, 3.05) is 25.1 Å². The summed E-state index contributed by atoms with van der Waals surface area (Å²) < 4.78 is 28.4. The molecule has 0 atom stereocenters. The molecule has 1 aromatic rings. The van der Waals surface area contributed by atoms with Crippen LogP contribution in [-0.4, -0.2) is 32.1 Å². The number of hydrogen-bond donors (Lipinski definition) is 2. The van der Waals surface area contributed by atoms with Crippen LogP contribution in [0.5, 0.6) is 0 Å². The highest BCUT2D eigenvalue weighted by molar-refractivity contribution is 5.91. The number of halogens is 2. The van der Waals surface area contributed by atoms with Gasteiger partial charge in [0.1, 0.15) is 6.61 Å². The predicted molar refractivity (Wildman–Crippen MR) is 71.9 cm³/mol. The highest BCUT2D eigenvalue weighted by Crippen LogP contribution is 2.22. The van der Waals surface area contributed by atoms with E-state index in [1.54, 1.807) is 0 Å². The van der Waals surface area contributed by atoms with E-state index >= 15 is 0 Å². The molecule has 1 aliphatic heterocycles. The van der Waals surface area contributed by atoms with Crippen LogP contribution in [-0.2, 0) is 22.5 Å². The molecule has 1 amide bonds. The minimum absolute atomic E-state index is 0.00342. The minimum atomic E-state index is -2.50. The minimum Gasteiger partial charge on any atom is -0.375 e. The van der Waals surface area contributed by atoms with E-state index in [0.717, 1.165) is 30.8 Å². The zero-order valence-electron chi connectivity index (χ0n) is 11.1. The lowest BCUT2D eigenvalue weighted by Gasteiger charge is -2.20. The molecule has 1 heterocycles. The number of alkyl halides is 2. The molecule has 0 radical (unpaired) electrons. The second-order valence-corrected chi connectivity index (χ2v) is 4.63. The lowest BCUT2D eigenvalue weighted by Crippen LogP contribution is -2.25. The smallest absolute Gasteiger partial charge is 0.261 e. The van der Waals surface area contributed by atoms with Crippen LogP contribution in [0.3, 0.4) is 0 Å². The van der Waals surface area contributed by atoms with Crippen LogP contribution in [0.15, 0.2) is 18.2 Å². The van der Waals surface area contributed by atoms with Crippen molar-refractivity contribution in [1.82, 2.24) is 5.32 Å². The van der Waals surface area contributed by atoms with Crippen molar-refractivity contribution in [3.05, 3.63) is 29.3 Å². The molecule has 0 fully saturated rings. The average molecular weight is 284 g/mol. The number of nitrogens with one attached hydrogen (secondary N) is 2. The molecule has 2 rings (SSSR count). The van der Waals surface area contributed by atoms with Crippen molar-refractivity contribution in [1.29, 1.82) is 0 Å². The summed E-state index contributed by atoms with van der Waals surface area (Å²) in [6, 6.07) is 5.81. The summed E-state index contributed by atoms with van der Waals surface area (Å²) in [5, 5.41) is 6.07. The topological polar surface area (TPSA) is 50.4 Å². The quantitative estimate of drug-likeness (QED) is 0.785. The molecule has 0 aliphatic carbocycles. The fourth-order valence-electron chi connectivity index (χ4n) is 2.18. The molecule has 0 unspecified atom stereocenters. The number of hydrogen-bond acceptors (Lipinski definition) is 3. The van der Waals surface area contributed by atoms with Gasteiger partial charge >= 0.3 is 0 Å². The van der Waals surface area contributed by atoms with Gasteiger partial charge in [0.05, 0.1) is 13.0 Å².